The highest BCUT2D eigenvalue weighted by Gasteiger charge is 2.00. The molecule has 0 aromatic heterocycles. The van der Waals surface area contributed by atoms with Gasteiger partial charge in [-0.25, -0.2) is 4.79 Å². The van der Waals surface area contributed by atoms with E-state index >= 15 is 0 Å². The topological polar surface area (TPSA) is 64.3 Å². The summed E-state index contributed by atoms with van der Waals surface area (Å²) in [6, 6.07) is 0. The normalized spacial score (nSPS) is 11.4. The Morgan fingerprint density at radius 1 is 1.67 bits per heavy atom. The molecule has 0 rings (SSSR count). The van der Waals surface area contributed by atoms with Gasteiger partial charge in [0.1, 0.15) is 0 Å². The molecule has 0 heterocycles. The summed E-state index contributed by atoms with van der Waals surface area (Å²) in [4.78, 5) is 10.8. The number of carbonyl (C=O) groups excluding carboxylic acids is 1. The van der Waals surface area contributed by atoms with E-state index in [9.17, 15) is 4.79 Å². The van der Waals surface area contributed by atoms with Gasteiger partial charge in [0.25, 0.3) is 0 Å². The lowest BCUT2D eigenvalue weighted by Crippen LogP contribution is -2.22. The first-order valence-corrected chi connectivity index (χ1v) is 3.88. The highest BCUT2D eigenvalue weighted by atomic mass is 16.5. The molecule has 0 radical (unpaired) electrons. The first-order chi connectivity index (χ1) is 5.72. The SMILES string of the molecule is COC(=O)C(C)=CCNCCN. The Labute approximate surface area is 72.8 Å². The Kier molecular flexibility index (Phi) is 6.32. The molecule has 0 saturated heterocycles. The fraction of sp³-hybridized carbons (Fsp3) is 0.625. The van der Waals surface area contributed by atoms with E-state index in [1.165, 1.54) is 7.11 Å². The maximum Gasteiger partial charge on any atom is 0.333 e. The van der Waals surface area contributed by atoms with Crippen LogP contribution < -0.4 is 11.1 Å². The molecular weight excluding hydrogens is 156 g/mol. The molecule has 0 atom stereocenters. The molecule has 4 nitrogen and oxygen atoms in total. The van der Waals surface area contributed by atoms with Gasteiger partial charge in [-0.1, -0.05) is 6.08 Å². The lowest BCUT2D eigenvalue weighted by atomic mass is 10.3. The summed E-state index contributed by atoms with van der Waals surface area (Å²) in [5.74, 6) is -0.287. The third-order valence-corrected chi connectivity index (χ3v) is 1.38. The number of nitrogens with one attached hydrogen (secondary N) is 1. The summed E-state index contributed by atoms with van der Waals surface area (Å²) in [6.07, 6.45) is 1.78. The van der Waals surface area contributed by atoms with E-state index in [0.717, 1.165) is 6.54 Å². The van der Waals surface area contributed by atoms with E-state index in [2.05, 4.69) is 10.1 Å². The minimum absolute atomic E-state index is 0.287. The zero-order valence-corrected chi connectivity index (χ0v) is 7.59. The van der Waals surface area contributed by atoms with Crippen LogP contribution in [0.25, 0.3) is 0 Å². The molecule has 0 fully saturated rings. The molecule has 70 valence electrons. The van der Waals surface area contributed by atoms with Crippen LogP contribution >= 0.6 is 0 Å². The Balaban J connectivity index is 3.61. The first kappa shape index (κ1) is 11.1. The Hall–Kier alpha value is -0.870. The summed E-state index contributed by atoms with van der Waals surface area (Å²) < 4.78 is 4.51. The van der Waals surface area contributed by atoms with E-state index in [1.807, 2.05) is 0 Å². The molecule has 0 aliphatic heterocycles. The third-order valence-electron chi connectivity index (χ3n) is 1.38. The van der Waals surface area contributed by atoms with Gasteiger partial charge < -0.3 is 15.8 Å². The number of nitrogens with two attached hydrogens (primary N) is 1. The number of carbonyl (C=O) groups is 1. The molecule has 3 N–H and O–H groups in total. The van der Waals surface area contributed by atoms with Gasteiger partial charge in [0.2, 0.25) is 0 Å². The molecule has 0 aliphatic rings. The van der Waals surface area contributed by atoms with E-state index in [-0.39, 0.29) is 5.97 Å². The van der Waals surface area contributed by atoms with Crippen LogP contribution in [0.3, 0.4) is 0 Å². The second kappa shape index (κ2) is 6.82. The van der Waals surface area contributed by atoms with Crippen molar-refractivity contribution in [3.8, 4) is 0 Å². The van der Waals surface area contributed by atoms with Crippen molar-refractivity contribution >= 4 is 5.97 Å². The number of methoxy groups -OCH3 is 1. The minimum atomic E-state index is -0.287. The largest absolute Gasteiger partial charge is 0.466 e. The van der Waals surface area contributed by atoms with Gasteiger partial charge in [0.05, 0.1) is 7.11 Å². The van der Waals surface area contributed by atoms with Crippen LogP contribution in [0.2, 0.25) is 0 Å². The van der Waals surface area contributed by atoms with E-state index in [4.69, 9.17) is 5.73 Å². The second-order valence-electron chi connectivity index (χ2n) is 2.37. The monoisotopic (exact) mass is 172 g/mol. The Morgan fingerprint density at radius 3 is 2.83 bits per heavy atom. The van der Waals surface area contributed by atoms with Crippen LogP contribution in [0, 0.1) is 0 Å². The van der Waals surface area contributed by atoms with E-state index in [1.54, 1.807) is 13.0 Å². The molecule has 4 heteroatoms. The zero-order chi connectivity index (χ0) is 9.40. The quantitative estimate of drug-likeness (QED) is 0.338. The van der Waals surface area contributed by atoms with E-state index < -0.39 is 0 Å². The molecule has 0 aromatic rings. The van der Waals surface area contributed by atoms with Crippen LogP contribution in [-0.4, -0.2) is 32.7 Å². The number of ether oxygens (including phenoxy) is 1. The zero-order valence-electron chi connectivity index (χ0n) is 7.59. The summed E-state index contributed by atoms with van der Waals surface area (Å²) in [5.41, 5.74) is 5.87. The highest BCUT2D eigenvalue weighted by Crippen LogP contribution is 1.93. The van der Waals surface area contributed by atoms with Crippen molar-refractivity contribution in [2.75, 3.05) is 26.7 Å². The summed E-state index contributed by atoms with van der Waals surface area (Å²) in [7, 11) is 1.37. The standard InChI is InChI=1S/C8H16N2O2/c1-7(8(11)12-2)3-5-10-6-4-9/h3,10H,4-6,9H2,1-2H3. The van der Waals surface area contributed by atoms with Gasteiger partial charge in [-0.2, -0.15) is 0 Å². The van der Waals surface area contributed by atoms with Crippen molar-refractivity contribution in [1.29, 1.82) is 0 Å². The number of hydrogen-bond donors (Lipinski definition) is 2. The predicted molar refractivity (Wildman–Crippen MR) is 47.7 cm³/mol. The van der Waals surface area contributed by atoms with Gasteiger partial charge in [-0.05, 0) is 6.92 Å². The van der Waals surface area contributed by atoms with Crippen LogP contribution in [0.4, 0.5) is 0 Å². The minimum Gasteiger partial charge on any atom is -0.466 e. The van der Waals surface area contributed by atoms with Crippen molar-refractivity contribution in [3.63, 3.8) is 0 Å². The Bertz CT molecular complexity index is 166. The molecule has 0 saturated carbocycles. The van der Waals surface area contributed by atoms with E-state index in [0.29, 0.717) is 18.7 Å². The average molecular weight is 172 g/mol. The van der Waals surface area contributed by atoms with Gasteiger partial charge in [0.15, 0.2) is 0 Å². The van der Waals surface area contributed by atoms with Gasteiger partial charge in [-0.15, -0.1) is 0 Å². The third kappa shape index (κ3) is 4.87. The summed E-state index contributed by atoms with van der Waals surface area (Å²) >= 11 is 0. The average Bonchev–Trinajstić information content (AvgIpc) is 2.10. The van der Waals surface area contributed by atoms with Crippen LogP contribution in [0.5, 0.6) is 0 Å². The Morgan fingerprint density at radius 2 is 2.33 bits per heavy atom. The summed E-state index contributed by atoms with van der Waals surface area (Å²) in [6.45, 7) is 3.73. The number of rotatable bonds is 5. The highest BCUT2D eigenvalue weighted by molar-refractivity contribution is 5.87. The van der Waals surface area contributed by atoms with Crippen molar-refractivity contribution in [2.45, 2.75) is 6.92 Å². The lowest BCUT2D eigenvalue weighted by molar-refractivity contribution is -0.136. The number of esters is 1. The van der Waals surface area contributed by atoms with Gasteiger partial charge in [0, 0.05) is 25.2 Å². The molecule has 0 unspecified atom stereocenters. The maximum absolute atomic E-state index is 10.8. The van der Waals surface area contributed by atoms with Crippen LogP contribution in [0.1, 0.15) is 6.92 Å². The molecule has 12 heavy (non-hydrogen) atoms. The fourth-order valence-electron chi connectivity index (χ4n) is 0.674. The maximum atomic E-state index is 10.8. The molecule has 0 bridgehead atoms. The fourth-order valence-corrected chi connectivity index (χ4v) is 0.674. The summed E-state index contributed by atoms with van der Waals surface area (Å²) in [5, 5.41) is 3.04. The van der Waals surface area contributed by atoms with Gasteiger partial charge in [-0.3, -0.25) is 0 Å². The van der Waals surface area contributed by atoms with Crippen LogP contribution in [0.15, 0.2) is 11.6 Å². The molecule has 0 aromatic carbocycles. The molecule has 0 aliphatic carbocycles. The van der Waals surface area contributed by atoms with Crippen molar-refractivity contribution in [1.82, 2.24) is 5.32 Å². The molecular formula is C8H16N2O2. The molecule has 0 amide bonds. The van der Waals surface area contributed by atoms with Crippen LogP contribution in [-0.2, 0) is 9.53 Å². The smallest absolute Gasteiger partial charge is 0.333 e. The van der Waals surface area contributed by atoms with Crippen molar-refractivity contribution < 1.29 is 9.53 Å². The first-order valence-electron chi connectivity index (χ1n) is 3.88. The van der Waals surface area contributed by atoms with Gasteiger partial charge >= 0.3 is 5.97 Å². The lowest BCUT2D eigenvalue weighted by Gasteiger charge is -1.99. The molecule has 0 spiro atoms. The van der Waals surface area contributed by atoms with Crippen molar-refractivity contribution in [2.24, 2.45) is 5.73 Å². The van der Waals surface area contributed by atoms with Crippen molar-refractivity contribution in [3.05, 3.63) is 11.6 Å². The predicted octanol–water partition coefficient (Wildman–Crippen LogP) is -0.346. The second-order valence-corrected chi connectivity index (χ2v) is 2.37. The number of hydrogen-bond acceptors (Lipinski definition) is 4.